The maximum absolute atomic E-state index is 5.84. The second kappa shape index (κ2) is 5.38. The highest BCUT2D eigenvalue weighted by molar-refractivity contribution is 5.40. The standard InChI is InChI=1S/C15H24O/c1-10(2)13-7-8-15(16-12(5)6)14(9-13)11(3)4/h7-12H,1-6H3. The van der Waals surface area contributed by atoms with Crippen LogP contribution < -0.4 is 4.74 Å². The molecular weight excluding hydrogens is 196 g/mol. The third kappa shape index (κ3) is 3.26. The van der Waals surface area contributed by atoms with Crippen LogP contribution in [-0.2, 0) is 0 Å². The molecule has 0 heterocycles. The van der Waals surface area contributed by atoms with Crippen molar-refractivity contribution in [1.29, 1.82) is 0 Å². The van der Waals surface area contributed by atoms with Gasteiger partial charge in [0.2, 0.25) is 0 Å². The van der Waals surface area contributed by atoms with Gasteiger partial charge in [0.05, 0.1) is 6.10 Å². The van der Waals surface area contributed by atoms with Crippen molar-refractivity contribution in [2.45, 2.75) is 59.5 Å². The zero-order valence-corrected chi connectivity index (χ0v) is 11.4. The van der Waals surface area contributed by atoms with E-state index in [0.717, 1.165) is 5.75 Å². The van der Waals surface area contributed by atoms with Crippen LogP contribution in [0.25, 0.3) is 0 Å². The molecule has 0 fully saturated rings. The van der Waals surface area contributed by atoms with Crippen LogP contribution in [0.5, 0.6) is 5.75 Å². The maximum Gasteiger partial charge on any atom is 0.123 e. The molecule has 0 unspecified atom stereocenters. The quantitative estimate of drug-likeness (QED) is 0.713. The number of rotatable bonds is 4. The molecule has 0 saturated heterocycles. The first-order chi connectivity index (χ1) is 7.41. The van der Waals surface area contributed by atoms with Gasteiger partial charge in [-0.05, 0) is 42.9 Å². The summed E-state index contributed by atoms with van der Waals surface area (Å²) in [7, 11) is 0. The van der Waals surface area contributed by atoms with Gasteiger partial charge in [-0.3, -0.25) is 0 Å². The van der Waals surface area contributed by atoms with Gasteiger partial charge in [0.25, 0.3) is 0 Å². The average Bonchev–Trinajstić information content (AvgIpc) is 2.16. The van der Waals surface area contributed by atoms with Crippen LogP contribution in [0.4, 0.5) is 0 Å². The summed E-state index contributed by atoms with van der Waals surface area (Å²) in [5.74, 6) is 2.12. The zero-order valence-electron chi connectivity index (χ0n) is 11.4. The SMILES string of the molecule is CC(C)Oc1ccc(C(C)C)cc1C(C)C. The Morgan fingerprint density at radius 1 is 0.875 bits per heavy atom. The minimum absolute atomic E-state index is 0.238. The van der Waals surface area contributed by atoms with Gasteiger partial charge < -0.3 is 4.74 Å². The topological polar surface area (TPSA) is 9.23 Å². The molecule has 1 nitrogen and oxygen atoms in total. The first kappa shape index (κ1) is 13.1. The Kier molecular flexibility index (Phi) is 4.40. The second-order valence-electron chi connectivity index (χ2n) is 5.27. The van der Waals surface area contributed by atoms with E-state index in [0.29, 0.717) is 11.8 Å². The lowest BCUT2D eigenvalue weighted by Crippen LogP contribution is -2.08. The molecule has 0 aliphatic heterocycles. The Morgan fingerprint density at radius 3 is 1.94 bits per heavy atom. The highest BCUT2D eigenvalue weighted by atomic mass is 16.5. The summed E-state index contributed by atoms with van der Waals surface area (Å²) >= 11 is 0. The molecule has 0 aliphatic carbocycles. The van der Waals surface area contributed by atoms with Crippen molar-refractivity contribution in [3.63, 3.8) is 0 Å². The zero-order chi connectivity index (χ0) is 12.3. The summed E-state index contributed by atoms with van der Waals surface area (Å²) in [6, 6.07) is 6.58. The smallest absolute Gasteiger partial charge is 0.123 e. The van der Waals surface area contributed by atoms with Crippen molar-refractivity contribution in [3.8, 4) is 5.75 Å². The lowest BCUT2D eigenvalue weighted by molar-refractivity contribution is 0.239. The molecule has 90 valence electrons. The van der Waals surface area contributed by atoms with Gasteiger partial charge in [0, 0.05) is 0 Å². The molecule has 0 radical (unpaired) electrons. The van der Waals surface area contributed by atoms with Crippen molar-refractivity contribution >= 4 is 0 Å². The molecule has 0 aliphatic rings. The number of ether oxygens (including phenoxy) is 1. The molecule has 1 rings (SSSR count). The molecule has 0 bridgehead atoms. The largest absolute Gasteiger partial charge is 0.491 e. The Labute approximate surface area is 99.8 Å². The van der Waals surface area contributed by atoms with E-state index in [1.54, 1.807) is 0 Å². The third-order valence-corrected chi connectivity index (χ3v) is 2.69. The average molecular weight is 220 g/mol. The summed E-state index contributed by atoms with van der Waals surface area (Å²) in [6.07, 6.45) is 0.238. The molecule has 0 spiro atoms. The third-order valence-electron chi connectivity index (χ3n) is 2.69. The Morgan fingerprint density at radius 2 is 1.50 bits per heavy atom. The monoisotopic (exact) mass is 220 g/mol. The highest BCUT2D eigenvalue weighted by Crippen LogP contribution is 2.30. The minimum atomic E-state index is 0.238. The Hall–Kier alpha value is -0.980. The molecule has 1 aromatic carbocycles. The van der Waals surface area contributed by atoms with Crippen LogP contribution >= 0.6 is 0 Å². The fourth-order valence-electron chi connectivity index (χ4n) is 1.74. The van der Waals surface area contributed by atoms with Crippen LogP contribution in [0, 0.1) is 0 Å². The number of hydrogen-bond donors (Lipinski definition) is 0. The fourth-order valence-corrected chi connectivity index (χ4v) is 1.74. The molecule has 0 saturated carbocycles. The van der Waals surface area contributed by atoms with Gasteiger partial charge in [-0.15, -0.1) is 0 Å². The van der Waals surface area contributed by atoms with Crippen molar-refractivity contribution in [2.75, 3.05) is 0 Å². The first-order valence-electron chi connectivity index (χ1n) is 6.22. The van der Waals surface area contributed by atoms with Gasteiger partial charge >= 0.3 is 0 Å². The van der Waals surface area contributed by atoms with Crippen molar-refractivity contribution in [3.05, 3.63) is 29.3 Å². The number of hydrogen-bond acceptors (Lipinski definition) is 1. The van der Waals surface area contributed by atoms with Crippen molar-refractivity contribution in [1.82, 2.24) is 0 Å². The summed E-state index contributed by atoms with van der Waals surface area (Å²) in [5, 5.41) is 0. The molecular formula is C15H24O. The van der Waals surface area contributed by atoms with Gasteiger partial charge in [-0.2, -0.15) is 0 Å². The second-order valence-corrected chi connectivity index (χ2v) is 5.27. The van der Waals surface area contributed by atoms with E-state index in [2.05, 4.69) is 59.7 Å². The van der Waals surface area contributed by atoms with E-state index in [1.165, 1.54) is 11.1 Å². The molecule has 1 aromatic rings. The van der Waals surface area contributed by atoms with E-state index in [9.17, 15) is 0 Å². The van der Waals surface area contributed by atoms with Crippen LogP contribution in [0.15, 0.2) is 18.2 Å². The molecule has 0 N–H and O–H groups in total. The van der Waals surface area contributed by atoms with E-state index in [1.807, 2.05) is 0 Å². The van der Waals surface area contributed by atoms with Crippen LogP contribution in [0.2, 0.25) is 0 Å². The van der Waals surface area contributed by atoms with Gasteiger partial charge in [-0.1, -0.05) is 39.8 Å². The molecule has 1 heteroatoms. The van der Waals surface area contributed by atoms with Gasteiger partial charge in [0.15, 0.2) is 0 Å². The number of benzene rings is 1. The predicted molar refractivity (Wildman–Crippen MR) is 70.4 cm³/mol. The molecule has 0 atom stereocenters. The predicted octanol–water partition coefficient (Wildman–Crippen LogP) is 4.72. The van der Waals surface area contributed by atoms with Gasteiger partial charge in [0.1, 0.15) is 5.75 Å². The Balaban J connectivity index is 3.09. The highest BCUT2D eigenvalue weighted by Gasteiger charge is 2.11. The summed E-state index contributed by atoms with van der Waals surface area (Å²) in [4.78, 5) is 0. The van der Waals surface area contributed by atoms with Crippen LogP contribution in [0.3, 0.4) is 0 Å². The van der Waals surface area contributed by atoms with Crippen molar-refractivity contribution in [2.24, 2.45) is 0 Å². The van der Waals surface area contributed by atoms with Gasteiger partial charge in [-0.25, -0.2) is 0 Å². The summed E-state index contributed by atoms with van der Waals surface area (Å²) < 4.78 is 5.84. The molecule has 16 heavy (non-hydrogen) atoms. The fraction of sp³-hybridized carbons (Fsp3) is 0.600. The van der Waals surface area contributed by atoms with E-state index in [-0.39, 0.29) is 6.10 Å². The lowest BCUT2D eigenvalue weighted by atomic mass is 9.95. The maximum atomic E-state index is 5.84. The molecule has 0 amide bonds. The van der Waals surface area contributed by atoms with E-state index < -0.39 is 0 Å². The van der Waals surface area contributed by atoms with Crippen LogP contribution in [-0.4, -0.2) is 6.10 Å². The Bertz CT molecular complexity index is 337. The molecule has 0 aromatic heterocycles. The van der Waals surface area contributed by atoms with Crippen LogP contribution in [0.1, 0.15) is 64.5 Å². The lowest BCUT2D eigenvalue weighted by Gasteiger charge is -2.18. The first-order valence-corrected chi connectivity index (χ1v) is 6.22. The summed E-state index contributed by atoms with van der Waals surface area (Å²) in [6.45, 7) is 13.0. The minimum Gasteiger partial charge on any atom is -0.491 e. The van der Waals surface area contributed by atoms with Crippen molar-refractivity contribution < 1.29 is 4.74 Å². The normalized spacial score (nSPS) is 11.6. The van der Waals surface area contributed by atoms with E-state index >= 15 is 0 Å². The van der Waals surface area contributed by atoms with E-state index in [4.69, 9.17) is 4.74 Å². The summed E-state index contributed by atoms with van der Waals surface area (Å²) in [5.41, 5.74) is 2.71.